The van der Waals surface area contributed by atoms with Crippen molar-refractivity contribution in [2.75, 3.05) is 0 Å². The molecule has 1 aromatic heterocycles. The summed E-state index contributed by atoms with van der Waals surface area (Å²) in [6.45, 7) is -0.138. The van der Waals surface area contributed by atoms with Gasteiger partial charge >= 0.3 is 0 Å². The van der Waals surface area contributed by atoms with Crippen LogP contribution in [0.15, 0.2) is 42.5 Å². The lowest BCUT2D eigenvalue weighted by atomic mass is 10.1. The van der Waals surface area contributed by atoms with Crippen LogP contribution in [0.5, 0.6) is 0 Å². The quantitative estimate of drug-likeness (QED) is 0.878. The van der Waals surface area contributed by atoms with Gasteiger partial charge in [0.25, 0.3) is 0 Å². The molecule has 2 N–H and O–H groups in total. The number of pyridine rings is 1. The Morgan fingerprint density at radius 2 is 1.82 bits per heavy atom. The normalized spacial score (nSPS) is 12.4. The van der Waals surface area contributed by atoms with Gasteiger partial charge in [0.05, 0.1) is 18.0 Å². The molecule has 1 atom stereocenters. The molecule has 1 aromatic carbocycles. The lowest BCUT2D eigenvalue weighted by Crippen LogP contribution is -2.04. The van der Waals surface area contributed by atoms with Gasteiger partial charge < -0.3 is 10.2 Å². The summed E-state index contributed by atoms with van der Waals surface area (Å²) in [7, 11) is 0. The Hall–Kier alpha value is -1.42. The van der Waals surface area contributed by atoms with E-state index < -0.39 is 6.10 Å². The number of aliphatic hydroxyl groups is 2. The van der Waals surface area contributed by atoms with Crippen molar-refractivity contribution in [3.05, 3.63) is 64.4 Å². The summed E-state index contributed by atoms with van der Waals surface area (Å²) in [4.78, 5) is 4.16. The topological polar surface area (TPSA) is 53.4 Å². The van der Waals surface area contributed by atoms with Crippen molar-refractivity contribution in [1.82, 2.24) is 4.98 Å². The number of nitrogens with zero attached hydrogens (tertiary/aromatic N) is 1. The fourth-order valence-electron chi connectivity index (χ4n) is 1.55. The molecular weight excluding hydrogens is 238 g/mol. The Morgan fingerprint density at radius 3 is 2.47 bits per heavy atom. The molecule has 0 fully saturated rings. The third kappa shape index (κ3) is 2.82. The van der Waals surface area contributed by atoms with Gasteiger partial charge in [-0.1, -0.05) is 29.8 Å². The van der Waals surface area contributed by atoms with Gasteiger partial charge in [0.2, 0.25) is 0 Å². The number of hydrogen-bond acceptors (Lipinski definition) is 3. The minimum absolute atomic E-state index is 0.138. The molecule has 0 bridgehead atoms. The van der Waals surface area contributed by atoms with Crippen LogP contribution in [0.25, 0.3) is 0 Å². The smallest absolute Gasteiger partial charge is 0.121 e. The zero-order valence-corrected chi connectivity index (χ0v) is 9.80. The zero-order chi connectivity index (χ0) is 12.3. The van der Waals surface area contributed by atoms with E-state index in [9.17, 15) is 5.11 Å². The van der Waals surface area contributed by atoms with E-state index in [1.807, 2.05) is 0 Å². The molecule has 4 heteroatoms. The summed E-state index contributed by atoms with van der Waals surface area (Å²) in [6.07, 6.45) is -0.807. The minimum atomic E-state index is -0.807. The Bertz CT molecular complexity index is 499. The summed E-state index contributed by atoms with van der Waals surface area (Å²) in [5, 5.41) is 19.7. The highest BCUT2D eigenvalue weighted by Crippen LogP contribution is 2.22. The maximum atomic E-state index is 10.1. The second kappa shape index (κ2) is 5.27. The summed E-state index contributed by atoms with van der Waals surface area (Å²) in [5.74, 6) is 0. The summed E-state index contributed by atoms with van der Waals surface area (Å²) < 4.78 is 0. The van der Waals surface area contributed by atoms with Gasteiger partial charge in [0, 0.05) is 5.02 Å². The number of hydrogen-bond donors (Lipinski definition) is 2. The maximum absolute atomic E-state index is 10.1. The number of benzene rings is 1. The van der Waals surface area contributed by atoms with Crippen LogP contribution >= 0.6 is 11.6 Å². The third-order valence-corrected chi connectivity index (χ3v) is 2.71. The summed E-state index contributed by atoms with van der Waals surface area (Å²) >= 11 is 5.78. The monoisotopic (exact) mass is 249 g/mol. The van der Waals surface area contributed by atoms with Crippen LogP contribution in [0.2, 0.25) is 5.02 Å². The van der Waals surface area contributed by atoms with Crippen molar-refractivity contribution in [3.63, 3.8) is 0 Å². The van der Waals surface area contributed by atoms with Crippen molar-refractivity contribution >= 4 is 11.6 Å². The van der Waals surface area contributed by atoms with E-state index in [-0.39, 0.29) is 6.61 Å². The molecule has 2 rings (SSSR count). The van der Waals surface area contributed by atoms with E-state index in [0.717, 1.165) is 5.56 Å². The molecule has 0 aliphatic carbocycles. The third-order valence-electron chi connectivity index (χ3n) is 2.46. The fraction of sp³-hybridized carbons (Fsp3) is 0.154. The molecule has 0 spiro atoms. The van der Waals surface area contributed by atoms with Gasteiger partial charge in [-0.05, 0) is 29.8 Å². The Balaban J connectivity index is 2.29. The summed E-state index contributed by atoms with van der Waals surface area (Å²) in [5.41, 5.74) is 1.77. The fourth-order valence-corrected chi connectivity index (χ4v) is 1.68. The highest BCUT2D eigenvalue weighted by atomic mass is 35.5. The number of halogens is 1. The van der Waals surface area contributed by atoms with Crippen LogP contribution in [0, 0.1) is 0 Å². The Kier molecular flexibility index (Phi) is 3.74. The van der Waals surface area contributed by atoms with E-state index in [2.05, 4.69) is 4.98 Å². The first kappa shape index (κ1) is 12.0. The SMILES string of the molecule is OCc1cccc(C(O)c2ccc(Cl)cc2)n1. The van der Waals surface area contributed by atoms with Crippen molar-refractivity contribution in [1.29, 1.82) is 0 Å². The molecule has 88 valence electrons. The standard InChI is InChI=1S/C13H12ClNO2/c14-10-6-4-9(5-7-10)13(17)12-3-1-2-11(8-16)15-12/h1-7,13,16-17H,8H2. The highest BCUT2D eigenvalue weighted by molar-refractivity contribution is 6.30. The first-order valence-electron chi connectivity index (χ1n) is 5.21. The Labute approximate surface area is 104 Å². The van der Waals surface area contributed by atoms with E-state index in [1.165, 1.54) is 0 Å². The molecule has 0 saturated heterocycles. The molecule has 0 radical (unpaired) electrons. The molecule has 2 aromatic rings. The average Bonchev–Trinajstić information content (AvgIpc) is 2.39. The van der Waals surface area contributed by atoms with Gasteiger partial charge in [0.15, 0.2) is 0 Å². The molecule has 0 amide bonds. The Morgan fingerprint density at radius 1 is 1.12 bits per heavy atom. The highest BCUT2D eigenvalue weighted by Gasteiger charge is 2.11. The van der Waals surface area contributed by atoms with Crippen LogP contribution in [-0.2, 0) is 6.61 Å². The molecular formula is C13H12ClNO2. The molecule has 0 saturated carbocycles. The molecule has 1 unspecified atom stereocenters. The molecule has 0 aliphatic rings. The van der Waals surface area contributed by atoms with Crippen molar-refractivity contribution in [2.45, 2.75) is 12.7 Å². The predicted molar refractivity (Wildman–Crippen MR) is 65.7 cm³/mol. The van der Waals surface area contributed by atoms with E-state index in [1.54, 1.807) is 42.5 Å². The second-order valence-corrected chi connectivity index (χ2v) is 4.10. The lowest BCUT2D eigenvalue weighted by molar-refractivity contribution is 0.213. The van der Waals surface area contributed by atoms with Crippen molar-refractivity contribution in [3.8, 4) is 0 Å². The number of aromatic nitrogens is 1. The molecule has 17 heavy (non-hydrogen) atoms. The maximum Gasteiger partial charge on any atom is 0.121 e. The molecule has 3 nitrogen and oxygen atoms in total. The zero-order valence-electron chi connectivity index (χ0n) is 9.05. The lowest BCUT2D eigenvalue weighted by Gasteiger charge is -2.11. The van der Waals surface area contributed by atoms with Crippen LogP contribution in [0.3, 0.4) is 0 Å². The van der Waals surface area contributed by atoms with Gasteiger partial charge in [-0.25, -0.2) is 0 Å². The molecule has 0 aliphatic heterocycles. The largest absolute Gasteiger partial charge is 0.390 e. The first-order chi connectivity index (χ1) is 8.20. The number of rotatable bonds is 3. The summed E-state index contributed by atoms with van der Waals surface area (Å²) in [6, 6.07) is 12.1. The van der Waals surface area contributed by atoms with Crippen LogP contribution < -0.4 is 0 Å². The van der Waals surface area contributed by atoms with E-state index in [0.29, 0.717) is 16.4 Å². The van der Waals surface area contributed by atoms with E-state index >= 15 is 0 Å². The van der Waals surface area contributed by atoms with E-state index in [4.69, 9.17) is 16.7 Å². The predicted octanol–water partition coefficient (Wildman–Crippen LogP) is 2.31. The second-order valence-electron chi connectivity index (χ2n) is 3.67. The number of aliphatic hydroxyl groups excluding tert-OH is 2. The van der Waals surface area contributed by atoms with Gasteiger partial charge in [-0.3, -0.25) is 4.98 Å². The van der Waals surface area contributed by atoms with Crippen LogP contribution in [0.1, 0.15) is 23.1 Å². The first-order valence-corrected chi connectivity index (χ1v) is 5.58. The van der Waals surface area contributed by atoms with Crippen molar-refractivity contribution < 1.29 is 10.2 Å². The minimum Gasteiger partial charge on any atom is -0.390 e. The van der Waals surface area contributed by atoms with Crippen LogP contribution in [-0.4, -0.2) is 15.2 Å². The van der Waals surface area contributed by atoms with Gasteiger partial charge in [-0.15, -0.1) is 0 Å². The van der Waals surface area contributed by atoms with Crippen LogP contribution in [0.4, 0.5) is 0 Å². The van der Waals surface area contributed by atoms with Crippen molar-refractivity contribution in [2.24, 2.45) is 0 Å². The average molecular weight is 250 g/mol. The molecule has 1 heterocycles. The van der Waals surface area contributed by atoms with Gasteiger partial charge in [0.1, 0.15) is 6.10 Å². The van der Waals surface area contributed by atoms with Gasteiger partial charge in [-0.2, -0.15) is 0 Å².